The van der Waals surface area contributed by atoms with Crippen LogP contribution < -0.4 is 9.75 Å². The van der Waals surface area contributed by atoms with Crippen LogP contribution in [-0.4, -0.2) is 12.8 Å². The number of benzene rings is 4. The Morgan fingerprint density at radius 1 is 0.781 bits per heavy atom. The van der Waals surface area contributed by atoms with Gasteiger partial charge < -0.3 is 4.74 Å². The van der Waals surface area contributed by atoms with Crippen LogP contribution in [-0.2, 0) is 6.42 Å². The van der Waals surface area contributed by atoms with Gasteiger partial charge >= 0.3 is 0 Å². The Bertz CT molecular complexity index is 1310. The summed E-state index contributed by atoms with van der Waals surface area (Å²) in [6, 6.07) is 34.5. The van der Waals surface area contributed by atoms with Gasteiger partial charge in [0.15, 0.2) is 0 Å². The molecule has 0 spiro atoms. The summed E-state index contributed by atoms with van der Waals surface area (Å²) < 4.78 is 5.36. The maximum atomic E-state index is 5.36. The summed E-state index contributed by atoms with van der Waals surface area (Å²) in [5.41, 5.74) is 10.2. The van der Waals surface area contributed by atoms with Gasteiger partial charge in [0, 0.05) is 6.42 Å². The van der Waals surface area contributed by atoms with Gasteiger partial charge in [-0.2, -0.15) is 5.10 Å². The molecule has 6 rings (SSSR count). The van der Waals surface area contributed by atoms with E-state index in [0.29, 0.717) is 0 Å². The normalized spacial score (nSPS) is 16.5. The molecular formula is C29H24N2O. The molecule has 1 heterocycles. The third kappa shape index (κ3) is 3.18. The van der Waals surface area contributed by atoms with Gasteiger partial charge in [0.05, 0.1) is 24.6 Å². The van der Waals surface area contributed by atoms with Gasteiger partial charge in [0.1, 0.15) is 5.75 Å². The van der Waals surface area contributed by atoms with Crippen molar-refractivity contribution in [3.63, 3.8) is 0 Å². The first-order valence-electron chi connectivity index (χ1n) is 11.1. The number of para-hydroxylation sites is 1. The highest BCUT2D eigenvalue weighted by Gasteiger charge is 2.30. The zero-order valence-corrected chi connectivity index (χ0v) is 18.0. The smallest absolute Gasteiger partial charge is 0.118 e. The molecule has 0 aromatic heterocycles. The van der Waals surface area contributed by atoms with Crippen LogP contribution >= 0.6 is 0 Å². The molecular weight excluding hydrogens is 392 g/mol. The Balaban J connectivity index is 1.37. The van der Waals surface area contributed by atoms with Crippen LogP contribution in [0.3, 0.4) is 0 Å². The summed E-state index contributed by atoms with van der Waals surface area (Å²) in [7, 11) is 1.70. The van der Waals surface area contributed by atoms with E-state index in [1.54, 1.807) is 7.11 Å². The Morgan fingerprint density at radius 3 is 2.34 bits per heavy atom. The Kier molecular flexibility index (Phi) is 4.53. The van der Waals surface area contributed by atoms with Crippen molar-refractivity contribution in [2.45, 2.75) is 18.9 Å². The molecule has 4 aromatic rings. The van der Waals surface area contributed by atoms with E-state index >= 15 is 0 Å². The lowest BCUT2D eigenvalue weighted by Gasteiger charge is -2.24. The molecule has 0 amide bonds. The number of anilines is 1. The molecule has 0 radical (unpaired) electrons. The lowest BCUT2D eigenvalue weighted by molar-refractivity contribution is 0.414. The van der Waals surface area contributed by atoms with Crippen molar-refractivity contribution in [2.75, 3.05) is 12.1 Å². The number of methoxy groups -OCH3 is 1. The van der Waals surface area contributed by atoms with E-state index in [1.807, 2.05) is 18.2 Å². The van der Waals surface area contributed by atoms with E-state index in [4.69, 9.17) is 9.84 Å². The fourth-order valence-corrected chi connectivity index (χ4v) is 4.91. The van der Waals surface area contributed by atoms with Gasteiger partial charge in [-0.15, -0.1) is 0 Å². The molecule has 1 aliphatic heterocycles. The number of hydrogen-bond acceptors (Lipinski definition) is 3. The second-order valence-electron chi connectivity index (χ2n) is 8.43. The maximum absolute atomic E-state index is 5.36. The minimum Gasteiger partial charge on any atom is -0.497 e. The van der Waals surface area contributed by atoms with Gasteiger partial charge in [-0.25, -0.2) is 0 Å². The average Bonchev–Trinajstić information content (AvgIpc) is 3.46. The first-order chi connectivity index (χ1) is 15.8. The van der Waals surface area contributed by atoms with Crippen molar-refractivity contribution >= 4 is 11.4 Å². The molecule has 2 aliphatic rings. The monoisotopic (exact) mass is 416 g/mol. The minimum atomic E-state index is 0.156. The van der Waals surface area contributed by atoms with Crippen molar-refractivity contribution < 1.29 is 4.74 Å². The summed E-state index contributed by atoms with van der Waals surface area (Å²) in [6.45, 7) is 0. The van der Waals surface area contributed by atoms with Crippen molar-refractivity contribution in [1.82, 2.24) is 0 Å². The summed E-state index contributed by atoms with van der Waals surface area (Å²) in [6.07, 6.45) is 1.86. The van der Waals surface area contributed by atoms with Crippen molar-refractivity contribution in [2.24, 2.45) is 5.10 Å². The van der Waals surface area contributed by atoms with Gasteiger partial charge in [-0.1, -0.05) is 66.7 Å². The number of ether oxygens (including phenoxy) is 1. The standard InChI is InChI=1S/C29H24N2O/c1-32-25-14-11-20(12-15-25)29-19-28(30-31(29)24-8-3-2-4-9-24)22-13-16-27-23(18-22)17-21-7-5-6-10-26(21)27/h2-16,18,29H,17,19H2,1H3. The van der Waals surface area contributed by atoms with Crippen molar-refractivity contribution in [1.29, 1.82) is 0 Å². The molecule has 3 heteroatoms. The predicted octanol–water partition coefficient (Wildman–Crippen LogP) is 6.62. The number of hydrazone groups is 1. The molecule has 0 bridgehead atoms. The van der Waals surface area contributed by atoms with Gasteiger partial charge in [0.2, 0.25) is 0 Å². The van der Waals surface area contributed by atoms with Gasteiger partial charge in [0.25, 0.3) is 0 Å². The summed E-state index contributed by atoms with van der Waals surface area (Å²) in [4.78, 5) is 0. The molecule has 3 nitrogen and oxygen atoms in total. The van der Waals surface area contributed by atoms with Gasteiger partial charge in [-0.3, -0.25) is 5.01 Å². The zero-order chi connectivity index (χ0) is 21.5. The van der Waals surface area contributed by atoms with Crippen molar-refractivity contribution in [3.05, 3.63) is 119 Å². The van der Waals surface area contributed by atoms with Crippen molar-refractivity contribution in [3.8, 4) is 16.9 Å². The lowest BCUT2D eigenvalue weighted by atomic mass is 9.96. The van der Waals surface area contributed by atoms with Crippen LogP contribution in [0.5, 0.6) is 5.75 Å². The van der Waals surface area contributed by atoms with Crippen LogP contribution in [0.2, 0.25) is 0 Å². The quantitative estimate of drug-likeness (QED) is 0.329. The third-order valence-corrected chi connectivity index (χ3v) is 6.56. The molecule has 32 heavy (non-hydrogen) atoms. The van der Waals surface area contributed by atoms with Crippen LogP contribution in [0.25, 0.3) is 11.1 Å². The van der Waals surface area contributed by atoms with E-state index in [9.17, 15) is 0 Å². The Morgan fingerprint density at radius 2 is 1.53 bits per heavy atom. The van der Waals surface area contributed by atoms with E-state index < -0.39 is 0 Å². The van der Waals surface area contributed by atoms with Crippen LogP contribution in [0, 0.1) is 0 Å². The molecule has 0 fully saturated rings. The van der Waals surface area contributed by atoms with Crippen LogP contribution in [0.4, 0.5) is 5.69 Å². The number of nitrogens with zero attached hydrogens (tertiary/aromatic N) is 2. The number of hydrogen-bond donors (Lipinski definition) is 0. The fourth-order valence-electron chi connectivity index (χ4n) is 4.91. The molecule has 156 valence electrons. The van der Waals surface area contributed by atoms with E-state index in [-0.39, 0.29) is 6.04 Å². The van der Waals surface area contributed by atoms with Crippen LogP contribution in [0.15, 0.2) is 102 Å². The average molecular weight is 417 g/mol. The maximum Gasteiger partial charge on any atom is 0.118 e. The SMILES string of the molecule is COc1ccc(C2CC(c3ccc4c(c3)Cc3ccccc3-4)=NN2c2ccccc2)cc1. The molecule has 0 N–H and O–H groups in total. The highest BCUT2D eigenvalue weighted by atomic mass is 16.5. The molecule has 1 unspecified atom stereocenters. The fraction of sp³-hybridized carbons (Fsp3) is 0.138. The Hall–Kier alpha value is -3.85. The highest BCUT2D eigenvalue weighted by molar-refractivity contribution is 6.04. The van der Waals surface area contributed by atoms with E-state index in [2.05, 4.69) is 83.9 Å². The highest BCUT2D eigenvalue weighted by Crippen LogP contribution is 2.40. The Labute approximate surface area is 188 Å². The molecule has 0 saturated heterocycles. The van der Waals surface area contributed by atoms with E-state index in [0.717, 1.165) is 30.0 Å². The van der Waals surface area contributed by atoms with Gasteiger partial charge in [-0.05, 0) is 70.1 Å². The predicted molar refractivity (Wildman–Crippen MR) is 130 cm³/mol. The summed E-state index contributed by atoms with van der Waals surface area (Å²) >= 11 is 0. The first-order valence-corrected chi connectivity index (χ1v) is 11.1. The van der Waals surface area contributed by atoms with Crippen LogP contribution in [0.1, 0.15) is 34.7 Å². The topological polar surface area (TPSA) is 24.8 Å². The number of rotatable bonds is 4. The summed E-state index contributed by atoms with van der Waals surface area (Å²) in [5, 5.41) is 7.29. The summed E-state index contributed by atoms with van der Waals surface area (Å²) in [5.74, 6) is 0.873. The third-order valence-electron chi connectivity index (χ3n) is 6.56. The lowest BCUT2D eigenvalue weighted by Crippen LogP contribution is -2.18. The first kappa shape index (κ1) is 18.9. The molecule has 1 aliphatic carbocycles. The van der Waals surface area contributed by atoms with E-state index in [1.165, 1.54) is 33.4 Å². The molecule has 4 aromatic carbocycles. The second kappa shape index (κ2) is 7.69. The molecule has 0 saturated carbocycles. The second-order valence-corrected chi connectivity index (χ2v) is 8.43. The zero-order valence-electron chi connectivity index (χ0n) is 18.0. The minimum absolute atomic E-state index is 0.156. The number of fused-ring (bicyclic) bond motifs is 3. The largest absolute Gasteiger partial charge is 0.497 e. The molecule has 1 atom stereocenters.